The van der Waals surface area contributed by atoms with Gasteiger partial charge in [-0.05, 0) is 43.0 Å². The first kappa shape index (κ1) is 19.0. The number of carboxylic acid groups (broad SMARTS) is 1. The predicted molar refractivity (Wildman–Crippen MR) is 98.9 cm³/mol. The number of nitrogens with zero attached hydrogens (tertiary/aromatic N) is 1. The number of nitrogens with one attached hydrogen (secondary N) is 2. The van der Waals surface area contributed by atoms with Crippen molar-refractivity contribution in [2.75, 3.05) is 5.32 Å². The summed E-state index contributed by atoms with van der Waals surface area (Å²) >= 11 is 0. The summed E-state index contributed by atoms with van der Waals surface area (Å²) in [5.41, 5.74) is 2.87. The Hall–Kier alpha value is -3.33. The summed E-state index contributed by atoms with van der Waals surface area (Å²) in [7, 11) is 0. The van der Waals surface area contributed by atoms with Gasteiger partial charge in [0.15, 0.2) is 0 Å². The molecule has 0 spiro atoms. The van der Waals surface area contributed by atoms with Gasteiger partial charge in [0.25, 0.3) is 0 Å². The number of carbonyl (C=O) groups excluding carboxylic acids is 1. The van der Waals surface area contributed by atoms with Crippen LogP contribution in [0.5, 0.6) is 0 Å². The van der Waals surface area contributed by atoms with Crippen molar-refractivity contribution in [3.05, 3.63) is 65.2 Å². The van der Waals surface area contributed by atoms with Crippen molar-refractivity contribution in [3.63, 3.8) is 0 Å². The zero-order chi connectivity index (χ0) is 18.9. The van der Waals surface area contributed by atoms with Gasteiger partial charge in [0, 0.05) is 18.2 Å². The molecule has 0 radical (unpaired) electrons. The van der Waals surface area contributed by atoms with E-state index in [9.17, 15) is 9.59 Å². The average molecular weight is 351 g/mol. The monoisotopic (exact) mass is 351 g/mol. The van der Waals surface area contributed by atoms with E-state index in [4.69, 9.17) is 10.4 Å². The van der Waals surface area contributed by atoms with Crippen molar-refractivity contribution in [2.24, 2.45) is 0 Å². The maximum absolute atomic E-state index is 12.4. The Morgan fingerprint density at radius 3 is 2.58 bits per heavy atom. The summed E-state index contributed by atoms with van der Waals surface area (Å²) in [5, 5.41) is 23.5. The molecule has 2 aromatic rings. The number of aliphatic carboxylic acids is 1. The highest BCUT2D eigenvalue weighted by atomic mass is 16.4. The summed E-state index contributed by atoms with van der Waals surface area (Å²) < 4.78 is 0. The number of carbonyl (C=O) groups is 2. The number of urea groups is 1. The topological polar surface area (TPSA) is 102 Å². The molecule has 0 saturated carbocycles. The Morgan fingerprint density at radius 1 is 1.19 bits per heavy atom. The van der Waals surface area contributed by atoms with Gasteiger partial charge in [-0.2, -0.15) is 5.26 Å². The Balaban J connectivity index is 2.05. The smallest absolute Gasteiger partial charge is 0.319 e. The van der Waals surface area contributed by atoms with Gasteiger partial charge >= 0.3 is 12.0 Å². The molecule has 6 nitrogen and oxygen atoms in total. The molecule has 0 fully saturated rings. The number of hydrogen-bond acceptors (Lipinski definition) is 3. The maximum atomic E-state index is 12.4. The molecule has 2 aromatic carbocycles. The van der Waals surface area contributed by atoms with E-state index in [2.05, 4.69) is 10.6 Å². The first-order valence-electron chi connectivity index (χ1n) is 8.32. The minimum absolute atomic E-state index is 0.0271. The lowest BCUT2D eigenvalue weighted by Crippen LogP contribution is -2.39. The Bertz CT molecular complexity index is 813. The van der Waals surface area contributed by atoms with Crippen LogP contribution in [0, 0.1) is 18.3 Å². The molecule has 0 saturated heterocycles. The third kappa shape index (κ3) is 5.95. The number of rotatable bonds is 7. The molecule has 26 heavy (non-hydrogen) atoms. The summed E-state index contributed by atoms with van der Waals surface area (Å²) in [6, 6.07) is 15.9. The molecule has 3 N–H and O–H groups in total. The van der Waals surface area contributed by atoms with Gasteiger partial charge in [0.1, 0.15) is 0 Å². The normalized spacial score (nSPS) is 11.2. The van der Waals surface area contributed by atoms with Gasteiger partial charge in [-0.15, -0.1) is 0 Å². The molecule has 0 bridgehead atoms. The number of anilines is 1. The van der Waals surface area contributed by atoms with Crippen LogP contribution in [0.3, 0.4) is 0 Å². The standard InChI is InChI=1S/C20H21N3O3/c1-14-7-8-16(13-21)12-18(14)23-20(26)22-17(9-10-19(24)25)11-15-5-3-2-4-6-15/h2-8,12,17H,9-11H2,1H3,(H,24,25)(H2,22,23,26). The van der Waals surface area contributed by atoms with Crippen LogP contribution in [0.15, 0.2) is 48.5 Å². The molecule has 1 unspecified atom stereocenters. The second-order valence-electron chi connectivity index (χ2n) is 6.06. The highest BCUT2D eigenvalue weighted by Crippen LogP contribution is 2.16. The first-order chi connectivity index (χ1) is 12.5. The van der Waals surface area contributed by atoms with Gasteiger partial charge < -0.3 is 15.7 Å². The van der Waals surface area contributed by atoms with Crippen molar-refractivity contribution in [2.45, 2.75) is 32.2 Å². The highest BCUT2D eigenvalue weighted by molar-refractivity contribution is 5.90. The molecular formula is C20H21N3O3. The van der Waals surface area contributed by atoms with Crippen LogP contribution in [0.2, 0.25) is 0 Å². The molecule has 0 heterocycles. The van der Waals surface area contributed by atoms with Gasteiger partial charge in [-0.3, -0.25) is 4.79 Å². The number of aryl methyl sites for hydroxylation is 1. The van der Waals surface area contributed by atoms with E-state index in [1.54, 1.807) is 18.2 Å². The van der Waals surface area contributed by atoms with Crippen LogP contribution in [0.25, 0.3) is 0 Å². The van der Waals surface area contributed by atoms with Crippen molar-refractivity contribution in [3.8, 4) is 6.07 Å². The molecular weight excluding hydrogens is 330 g/mol. The van der Waals surface area contributed by atoms with Gasteiger partial charge in [-0.25, -0.2) is 4.79 Å². The lowest BCUT2D eigenvalue weighted by atomic mass is 10.0. The quantitative estimate of drug-likeness (QED) is 0.711. The van der Waals surface area contributed by atoms with Gasteiger partial charge in [-0.1, -0.05) is 36.4 Å². The number of hydrogen-bond donors (Lipinski definition) is 3. The van der Waals surface area contributed by atoms with Crippen LogP contribution in [-0.2, 0) is 11.2 Å². The van der Waals surface area contributed by atoms with E-state index in [0.717, 1.165) is 11.1 Å². The number of benzene rings is 2. The minimum Gasteiger partial charge on any atom is -0.481 e. The molecule has 2 amide bonds. The Labute approximate surface area is 152 Å². The third-order valence-corrected chi connectivity index (χ3v) is 3.98. The zero-order valence-electron chi connectivity index (χ0n) is 14.5. The lowest BCUT2D eigenvalue weighted by Gasteiger charge is -2.19. The molecule has 1 atom stereocenters. The van der Waals surface area contributed by atoms with E-state index >= 15 is 0 Å². The maximum Gasteiger partial charge on any atom is 0.319 e. The second kappa shape index (κ2) is 9.23. The fourth-order valence-electron chi connectivity index (χ4n) is 2.59. The predicted octanol–water partition coefficient (Wildman–Crippen LogP) is 3.46. The SMILES string of the molecule is Cc1ccc(C#N)cc1NC(=O)NC(CCC(=O)O)Cc1ccccc1. The average Bonchev–Trinajstić information content (AvgIpc) is 2.62. The molecule has 6 heteroatoms. The third-order valence-electron chi connectivity index (χ3n) is 3.98. The number of carboxylic acids is 1. The van der Waals surface area contributed by atoms with Crippen LogP contribution < -0.4 is 10.6 Å². The Kier molecular flexibility index (Phi) is 6.75. The molecule has 2 rings (SSSR count). The fourth-order valence-corrected chi connectivity index (χ4v) is 2.59. The van der Waals surface area contributed by atoms with Crippen LogP contribution >= 0.6 is 0 Å². The zero-order valence-corrected chi connectivity index (χ0v) is 14.5. The summed E-state index contributed by atoms with van der Waals surface area (Å²) in [5.74, 6) is -0.900. The van der Waals surface area contributed by atoms with E-state index in [-0.39, 0.29) is 12.5 Å². The highest BCUT2D eigenvalue weighted by Gasteiger charge is 2.15. The summed E-state index contributed by atoms with van der Waals surface area (Å²) in [6.07, 6.45) is 0.842. The lowest BCUT2D eigenvalue weighted by molar-refractivity contribution is -0.137. The van der Waals surface area contributed by atoms with Gasteiger partial charge in [0.05, 0.1) is 11.6 Å². The minimum atomic E-state index is -0.900. The molecule has 0 aliphatic carbocycles. The van der Waals surface area contributed by atoms with Crippen LogP contribution in [0.1, 0.15) is 29.5 Å². The summed E-state index contributed by atoms with van der Waals surface area (Å²) in [6.45, 7) is 1.84. The summed E-state index contributed by atoms with van der Waals surface area (Å²) in [4.78, 5) is 23.2. The second-order valence-corrected chi connectivity index (χ2v) is 6.06. The molecule has 0 aromatic heterocycles. The van der Waals surface area contributed by atoms with Gasteiger partial charge in [0.2, 0.25) is 0 Å². The van der Waals surface area contributed by atoms with Crippen LogP contribution in [0.4, 0.5) is 10.5 Å². The Morgan fingerprint density at radius 2 is 1.92 bits per heavy atom. The fraction of sp³-hybridized carbons (Fsp3) is 0.250. The van der Waals surface area contributed by atoms with Crippen molar-refractivity contribution in [1.29, 1.82) is 5.26 Å². The van der Waals surface area contributed by atoms with E-state index < -0.39 is 12.0 Å². The van der Waals surface area contributed by atoms with E-state index in [0.29, 0.717) is 24.1 Å². The largest absolute Gasteiger partial charge is 0.481 e. The van der Waals surface area contributed by atoms with Crippen LogP contribution in [-0.4, -0.2) is 23.1 Å². The first-order valence-corrected chi connectivity index (χ1v) is 8.32. The molecule has 0 aliphatic heterocycles. The van der Waals surface area contributed by atoms with Crippen molar-refractivity contribution < 1.29 is 14.7 Å². The van der Waals surface area contributed by atoms with Crippen molar-refractivity contribution in [1.82, 2.24) is 5.32 Å². The van der Waals surface area contributed by atoms with E-state index in [1.807, 2.05) is 43.3 Å². The van der Waals surface area contributed by atoms with Crippen molar-refractivity contribution >= 4 is 17.7 Å². The number of nitriles is 1. The molecule has 134 valence electrons. The molecule has 0 aliphatic rings. The number of amides is 2. The van der Waals surface area contributed by atoms with E-state index in [1.165, 1.54) is 0 Å².